The van der Waals surface area contributed by atoms with Crippen LogP contribution in [0.5, 0.6) is 0 Å². The summed E-state index contributed by atoms with van der Waals surface area (Å²) in [6.07, 6.45) is 0.712. The van der Waals surface area contributed by atoms with Gasteiger partial charge in [-0.3, -0.25) is 9.58 Å². The summed E-state index contributed by atoms with van der Waals surface area (Å²) in [5.74, 6) is 0.693. The first-order valence-corrected chi connectivity index (χ1v) is 7.60. The van der Waals surface area contributed by atoms with Crippen LogP contribution < -0.4 is 5.32 Å². The Morgan fingerprint density at radius 1 is 1.55 bits per heavy atom. The maximum Gasteiger partial charge on any atom is 0.142 e. The number of aliphatic hydroxyl groups excluding tert-OH is 1. The molecule has 0 aromatic carbocycles. The number of aryl methyl sites for hydroxylation is 2. The molecule has 1 aliphatic rings. The Morgan fingerprint density at radius 2 is 2.27 bits per heavy atom. The van der Waals surface area contributed by atoms with Gasteiger partial charge in [0.2, 0.25) is 0 Å². The van der Waals surface area contributed by atoms with Gasteiger partial charge in [-0.15, -0.1) is 0 Å². The first-order valence-electron chi connectivity index (χ1n) is 7.60. The fourth-order valence-corrected chi connectivity index (χ4v) is 2.88. The average Bonchev–Trinajstić information content (AvgIpc) is 2.84. The molecule has 1 aromatic rings. The predicted molar refractivity (Wildman–Crippen MR) is 83.7 cm³/mol. The molecule has 1 aromatic heterocycles. The van der Waals surface area contributed by atoms with Crippen molar-refractivity contribution in [3.63, 3.8) is 0 Å². The van der Waals surface area contributed by atoms with Gasteiger partial charge in [0.15, 0.2) is 0 Å². The molecule has 22 heavy (non-hydrogen) atoms. The zero-order valence-electron chi connectivity index (χ0n) is 13.8. The second-order valence-electron chi connectivity index (χ2n) is 5.97. The van der Waals surface area contributed by atoms with Crippen LogP contribution in [-0.2, 0) is 18.2 Å². The zero-order chi connectivity index (χ0) is 16.3. The summed E-state index contributed by atoms with van der Waals surface area (Å²) in [6, 6.07) is 2.45. The number of nitrogens with zero attached hydrogens (tertiary/aromatic N) is 4. The minimum absolute atomic E-state index is 0.0127. The van der Waals surface area contributed by atoms with Crippen molar-refractivity contribution in [2.45, 2.75) is 31.8 Å². The van der Waals surface area contributed by atoms with Crippen molar-refractivity contribution in [3.05, 3.63) is 11.3 Å². The highest BCUT2D eigenvalue weighted by Gasteiger charge is 2.40. The summed E-state index contributed by atoms with van der Waals surface area (Å²) < 4.78 is 7.32. The van der Waals surface area contributed by atoms with Crippen LogP contribution in [0.25, 0.3) is 0 Å². The monoisotopic (exact) mass is 307 g/mol. The van der Waals surface area contributed by atoms with Gasteiger partial charge in [0.1, 0.15) is 17.5 Å². The van der Waals surface area contributed by atoms with Crippen LogP contribution in [0.1, 0.15) is 25.1 Å². The smallest absolute Gasteiger partial charge is 0.142 e. The molecule has 1 saturated heterocycles. The van der Waals surface area contributed by atoms with E-state index in [0.717, 1.165) is 5.69 Å². The van der Waals surface area contributed by atoms with Gasteiger partial charge >= 0.3 is 0 Å². The molecule has 0 amide bonds. The number of aliphatic hydroxyl groups is 1. The minimum Gasteiger partial charge on any atom is -0.394 e. The molecule has 0 radical (unpaired) electrons. The first-order chi connectivity index (χ1) is 10.5. The summed E-state index contributed by atoms with van der Waals surface area (Å²) in [6.45, 7) is 5.64. The number of ether oxygens (including phenoxy) is 1. The highest BCUT2D eigenvalue weighted by Crippen LogP contribution is 2.25. The van der Waals surface area contributed by atoms with Gasteiger partial charge < -0.3 is 15.2 Å². The van der Waals surface area contributed by atoms with Gasteiger partial charge in [0, 0.05) is 19.6 Å². The summed E-state index contributed by atoms with van der Waals surface area (Å²) in [4.78, 5) is 2.15. The molecule has 0 saturated carbocycles. The number of anilines is 1. The Balaban J connectivity index is 2.21. The van der Waals surface area contributed by atoms with Crippen molar-refractivity contribution in [1.29, 1.82) is 5.26 Å². The maximum atomic E-state index is 9.91. The van der Waals surface area contributed by atoms with Crippen LogP contribution in [0.3, 0.4) is 0 Å². The lowest BCUT2D eigenvalue weighted by Gasteiger charge is -2.47. The Morgan fingerprint density at radius 3 is 2.86 bits per heavy atom. The Kier molecular flexibility index (Phi) is 5.06. The third kappa shape index (κ3) is 2.82. The molecule has 7 heteroatoms. The lowest BCUT2D eigenvalue weighted by Crippen LogP contribution is -2.64. The maximum absolute atomic E-state index is 9.91. The molecular formula is C15H25N5O2. The molecule has 0 aliphatic carbocycles. The van der Waals surface area contributed by atoms with Gasteiger partial charge in [-0.05, 0) is 20.4 Å². The molecule has 0 bridgehead atoms. The van der Waals surface area contributed by atoms with Crippen molar-refractivity contribution in [1.82, 2.24) is 14.7 Å². The number of morpholine rings is 1. The van der Waals surface area contributed by atoms with Crippen LogP contribution >= 0.6 is 0 Å². The summed E-state index contributed by atoms with van der Waals surface area (Å²) in [5, 5.41) is 26.9. The van der Waals surface area contributed by atoms with Gasteiger partial charge in [-0.1, -0.05) is 6.92 Å². The number of likely N-dealkylation sites (N-methyl/N-ethyl adjacent to an activating group) is 1. The van der Waals surface area contributed by atoms with E-state index in [2.05, 4.69) is 28.3 Å². The van der Waals surface area contributed by atoms with E-state index in [9.17, 15) is 10.4 Å². The zero-order valence-corrected chi connectivity index (χ0v) is 13.8. The summed E-state index contributed by atoms with van der Waals surface area (Å²) in [7, 11) is 3.81. The van der Waals surface area contributed by atoms with Gasteiger partial charge in [0.05, 0.1) is 31.1 Å². The van der Waals surface area contributed by atoms with Gasteiger partial charge in [-0.2, -0.15) is 10.4 Å². The second kappa shape index (κ2) is 6.65. The number of nitriles is 1. The fourth-order valence-electron chi connectivity index (χ4n) is 2.88. The molecule has 0 unspecified atom stereocenters. The molecule has 122 valence electrons. The van der Waals surface area contributed by atoms with E-state index in [-0.39, 0.29) is 12.6 Å². The Hall–Kier alpha value is -1.62. The van der Waals surface area contributed by atoms with E-state index in [1.165, 1.54) is 0 Å². The van der Waals surface area contributed by atoms with Crippen LogP contribution in [0.15, 0.2) is 0 Å². The number of aromatic nitrogens is 2. The molecule has 2 heterocycles. The summed E-state index contributed by atoms with van der Waals surface area (Å²) >= 11 is 0. The van der Waals surface area contributed by atoms with Crippen molar-refractivity contribution in [2.24, 2.45) is 7.05 Å². The Labute approximate surface area is 131 Å². The van der Waals surface area contributed by atoms with E-state index in [4.69, 9.17) is 4.74 Å². The SMILES string of the molecule is CCc1nn(C)c(NC[C@]2(CO)COC[C@@H](C)N2C)c1C#N. The van der Waals surface area contributed by atoms with E-state index in [0.29, 0.717) is 37.6 Å². The fraction of sp³-hybridized carbons (Fsp3) is 0.733. The van der Waals surface area contributed by atoms with E-state index < -0.39 is 5.54 Å². The van der Waals surface area contributed by atoms with Crippen molar-refractivity contribution < 1.29 is 9.84 Å². The third-order valence-electron chi connectivity index (χ3n) is 4.58. The van der Waals surface area contributed by atoms with Crippen LogP contribution in [0.2, 0.25) is 0 Å². The number of rotatable bonds is 5. The highest BCUT2D eigenvalue weighted by atomic mass is 16.5. The molecule has 2 atom stereocenters. The molecule has 1 aliphatic heterocycles. The molecule has 0 spiro atoms. The van der Waals surface area contributed by atoms with E-state index in [1.54, 1.807) is 4.68 Å². The minimum atomic E-state index is -0.499. The lowest BCUT2D eigenvalue weighted by molar-refractivity contribution is -0.101. The number of nitrogens with one attached hydrogen (secondary N) is 1. The van der Waals surface area contributed by atoms with Crippen molar-refractivity contribution in [3.8, 4) is 6.07 Å². The quantitative estimate of drug-likeness (QED) is 0.816. The normalized spacial score (nSPS) is 25.9. The molecule has 2 rings (SSSR count). The average molecular weight is 307 g/mol. The van der Waals surface area contributed by atoms with Crippen LogP contribution in [0, 0.1) is 11.3 Å². The molecule has 1 fully saturated rings. The van der Waals surface area contributed by atoms with Crippen molar-refractivity contribution in [2.75, 3.05) is 38.7 Å². The lowest BCUT2D eigenvalue weighted by atomic mass is 9.96. The van der Waals surface area contributed by atoms with E-state index in [1.807, 2.05) is 21.0 Å². The first kappa shape index (κ1) is 16.7. The topological polar surface area (TPSA) is 86.3 Å². The highest BCUT2D eigenvalue weighted by molar-refractivity contribution is 5.55. The molecule has 2 N–H and O–H groups in total. The Bertz CT molecular complexity index is 565. The standard InChI is InChI=1S/C15H25N5O2/c1-5-13-12(6-16)14(20(4)18-13)17-8-15(9-21)10-22-7-11(2)19(15)3/h11,17,21H,5,7-10H2,1-4H3/t11-,15+/m1/s1. The van der Waals surface area contributed by atoms with Gasteiger partial charge in [-0.25, -0.2) is 0 Å². The number of hydrogen-bond donors (Lipinski definition) is 2. The second-order valence-corrected chi connectivity index (χ2v) is 5.97. The van der Waals surface area contributed by atoms with Gasteiger partial charge in [0.25, 0.3) is 0 Å². The third-order valence-corrected chi connectivity index (χ3v) is 4.58. The molecular weight excluding hydrogens is 282 g/mol. The van der Waals surface area contributed by atoms with Crippen LogP contribution in [0.4, 0.5) is 5.82 Å². The van der Waals surface area contributed by atoms with Crippen LogP contribution in [-0.4, -0.2) is 64.8 Å². The largest absolute Gasteiger partial charge is 0.394 e. The predicted octanol–water partition coefficient (Wildman–Crippen LogP) is 0.348. The summed E-state index contributed by atoms with van der Waals surface area (Å²) in [5.41, 5.74) is 0.860. The van der Waals surface area contributed by atoms with Crippen molar-refractivity contribution >= 4 is 5.82 Å². The number of hydrogen-bond acceptors (Lipinski definition) is 6. The molecule has 7 nitrogen and oxygen atoms in total. The van der Waals surface area contributed by atoms with E-state index >= 15 is 0 Å².